The van der Waals surface area contributed by atoms with Crippen LogP contribution >= 0.6 is 0 Å². The monoisotopic (exact) mass is 321 g/mol. The zero-order chi connectivity index (χ0) is 17.0. The summed E-state index contributed by atoms with van der Waals surface area (Å²) in [5, 5.41) is 3.03. The van der Waals surface area contributed by atoms with Crippen LogP contribution in [0.25, 0.3) is 0 Å². The van der Waals surface area contributed by atoms with Crippen LogP contribution in [0, 0.1) is 11.6 Å². The summed E-state index contributed by atoms with van der Waals surface area (Å²) in [5.41, 5.74) is 0.744. The Bertz CT molecular complexity index is 684. The third-order valence-electron chi connectivity index (χ3n) is 3.21. The molecule has 2 aromatic rings. The smallest absolute Gasteiger partial charge is 0.136 e. The Morgan fingerprint density at radius 1 is 1.13 bits per heavy atom. The maximum atomic E-state index is 13.7. The first-order valence-corrected chi connectivity index (χ1v) is 7.35. The lowest BCUT2D eigenvalue weighted by Crippen LogP contribution is -2.18. The van der Waals surface area contributed by atoms with Gasteiger partial charge in [0.2, 0.25) is 0 Å². The maximum absolute atomic E-state index is 13.7. The number of hydrogen-bond acceptors (Lipinski definition) is 4. The van der Waals surface area contributed by atoms with Crippen molar-refractivity contribution in [1.29, 1.82) is 0 Å². The standard InChI is InChI=1S/C17H21F2N3O/c1-17(2,3)16-21-13(10-23-4)8-15(22-16)20-9-11-7-12(18)5-6-14(11)19/h5-8H,9-10H2,1-4H3,(H,20,21,22). The molecule has 0 saturated carbocycles. The molecule has 1 N–H and O–H groups in total. The van der Waals surface area contributed by atoms with Crippen molar-refractivity contribution in [1.82, 2.24) is 9.97 Å². The van der Waals surface area contributed by atoms with Gasteiger partial charge < -0.3 is 10.1 Å². The summed E-state index contributed by atoms with van der Waals surface area (Å²) in [6.07, 6.45) is 0. The van der Waals surface area contributed by atoms with E-state index in [1.165, 1.54) is 6.07 Å². The zero-order valence-electron chi connectivity index (χ0n) is 13.8. The molecule has 0 radical (unpaired) electrons. The van der Waals surface area contributed by atoms with E-state index < -0.39 is 11.6 Å². The second kappa shape index (κ2) is 7.00. The Kier molecular flexibility index (Phi) is 5.26. The summed E-state index contributed by atoms with van der Waals surface area (Å²) >= 11 is 0. The van der Waals surface area contributed by atoms with Gasteiger partial charge in [0.25, 0.3) is 0 Å². The summed E-state index contributed by atoms with van der Waals surface area (Å²) in [6.45, 7) is 6.52. The molecule has 1 aromatic carbocycles. The van der Waals surface area contributed by atoms with Gasteiger partial charge in [-0.3, -0.25) is 0 Å². The highest BCUT2D eigenvalue weighted by atomic mass is 19.1. The number of rotatable bonds is 5. The molecular formula is C17H21F2N3O. The molecule has 0 aliphatic heterocycles. The minimum Gasteiger partial charge on any atom is -0.378 e. The number of anilines is 1. The van der Waals surface area contributed by atoms with Gasteiger partial charge in [-0.1, -0.05) is 20.8 Å². The van der Waals surface area contributed by atoms with Crippen LogP contribution < -0.4 is 5.32 Å². The molecule has 2 rings (SSSR count). The van der Waals surface area contributed by atoms with Gasteiger partial charge in [0.1, 0.15) is 23.3 Å². The number of methoxy groups -OCH3 is 1. The molecule has 0 unspecified atom stereocenters. The number of hydrogen-bond donors (Lipinski definition) is 1. The molecule has 1 aromatic heterocycles. The molecule has 124 valence electrons. The lowest BCUT2D eigenvalue weighted by molar-refractivity contribution is 0.181. The molecule has 0 spiro atoms. The lowest BCUT2D eigenvalue weighted by atomic mass is 9.95. The van der Waals surface area contributed by atoms with Gasteiger partial charge in [-0.05, 0) is 18.2 Å². The van der Waals surface area contributed by atoms with Crippen molar-refractivity contribution in [3.05, 3.63) is 53.0 Å². The molecule has 0 fully saturated rings. The van der Waals surface area contributed by atoms with Crippen molar-refractivity contribution >= 4 is 5.82 Å². The summed E-state index contributed by atoms with van der Waals surface area (Å²) in [6, 6.07) is 5.13. The highest BCUT2D eigenvalue weighted by Gasteiger charge is 2.19. The van der Waals surface area contributed by atoms with E-state index in [9.17, 15) is 8.78 Å². The first-order valence-electron chi connectivity index (χ1n) is 7.35. The predicted octanol–water partition coefficient (Wildman–Crippen LogP) is 3.81. The van der Waals surface area contributed by atoms with E-state index in [2.05, 4.69) is 15.3 Å². The molecule has 23 heavy (non-hydrogen) atoms. The zero-order valence-corrected chi connectivity index (χ0v) is 13.8. The average Bonchev–Trinajstić information content (AvgIpc) is 2.47. The number of nitrogens with zero attached hydrogens (tertiary/aromatic N) is 2. The molecule has 0 aliphatic carbocycles. The van der Waals surface area contributed by atoms with Gasteiger partial charge in [-0.15, -0.1) is 0 Å². The molecule has 0 bridgehead atoms. The average molecular weight is 321 g/mol. The first-order chi connectivity index (χ1) is 10.8. The number of nitrogens with one attached hydrogen (secondary N) is 1. The van der Waals surface area contributed by atoms with E-state index in [-0.39, 0.29) is 17.5 Å². The van der Waals surface area contributed by atoms with Crippen molar-refractivity contribution in [3.8, 4) is 0 Å². The number of ether oxygens (including phenoxy) is 1. The minimum atomic E-state index is -0.471. The van der Waals surface area contributed by atoms with Gasteiger partial charge in [0.15, 0.2) is 0 Å². The van der Waals surface area contributed by atoms with Crippen LogP contribution in [-0.2, 0) is 23.3 Å². The minimum absolute atomic E-state index is 0.136. The van der Waals surface area contributed by atoms with E-state index in [0.29, 0.717) is 18.2 Å². The second-order valence-corrected chi connectivity index (χ2v) is 6.34. The summed E-state index contributed by atoms with van der Waals surface area (Å²) in [5.74, 6) is 0.289. The highest BCUT2D eigenvalue weighted by Crippen LogP contribution is 2.21. The van der Waals surface area contributed by atoms with Crippen molar-refractivity contribution < 1.29 is 13.5 Å². The van der Waals surface area contributed by atoms with Crippen LogP contribution in [0.5, 0.6) is 0 Å². The molecule has 0 amide bonds. The fraction of sp³-hybridized carbons (Fsp3) is 0.412. The van der Waals surface area contributed by atoms with Gasteiger partial charge in [-0.2, -0.15) is 0 Å². The largest absolute Gasteiger partial charge is 0.378 e. The molecular weight excluding hydrogens is 300 g/mol. The number of halogens is 2. The van der Waals surface area contributed by atoms with Gasteiger partial charge in [0.05, 0.1) is 12.3 Å². The number of benzene rings is 1. The Hall–Kier alpha value is -2.08. The molecule has 6 heteroatoms. The van der Waals surface area contributed by atoms with Crippen molar-refractivity contribution in [2.24, 2.45) is 0 Å². The molecule has 0 aliphatic rings. The van der Waals surface area contributed by atoms with Crippen LogP contribution in [0.15, 0.2) is 24.3 Å². The van der Waals surface area contributed by atoms with Crippen LogP contribution in [0.3, 0.4) is 0 Å². The maximum Gasteiger partial charge on any atom is 0.136 e. The Morgan fingerprint density at radius 3 is 2.52 bits per heavy atom. The van der Waals surface area contributed by atoms with Crippen LogP contribution in [-0.4, -0.2) is 17.1 Å². The Balaban J connectivity index is 2.24. The summed E-state index contributed by atoms with van der Waals surface area (Å²) in [7, 11) is 1.59. The number of aromatic nitrogens is 2. The predicted molar refractivity (Wildman–Crippen MR) is 85.1 cm³/mol. The normalized spacial score (nSPS) is 11.6. The van der Waals surface area contributed by atoms with E-state index in [1.54, 1.807) is 13.2 Å². The van der Waals surface area contributed by atoms with Crippen molar-refractivity contribution in [2.75, 3.05) is 12.4 Å². The molecule has 1 heterocycles. The van der Waals surface area contributed by atoms with Crippen LogP contribution in [0.2, 0.25) is 0 Å². The van der Waals surface area contributed by atoms with Crippen molar-refractivity contribution in [3.63, 3.8) is 0 Å². The quantitative estimate of drug-likeness (QED) is 0.909. The third-order valence-corrected chi connectivity index (χ3v) is 3.21. The first kappa shape index (κ1) is 17.3. The van der Waals surface area contributed by atoms with Crippen LogP contribution in [0.4, 0.5) is 14.6 Å². The molecule has 0 saturated heterocycles. The summed E-state index contributed by atoms with van der Waals surface area (Å²) < 4.78 is 32.0. The van der Waals surface area contributed by atoms with E-state index in [1.807, 2.05) is 20.8 Å². The van der Waals surface area contributed by atoms with Gasteiger partial charge in [0, 0.05) is 30.7 Å². The van der Waals surface area contributed by atoms with Crippen LogP contribution in [0.1, 0.15) is 37.9 Å². The molecule has 0 atom stereocenters. The SMILES string of the molecule is COCc1cc(NCc2cc(F)ccc2F)nc(C(C)(C)C)n1. The fourth-order valence-corrected chi connectivity index (χ4v) is 2.01. The second-order valence-electron chi connectivity index (χ2n) is 6.34. The Labute approximate surface area is 134 Å². The topological polar surface area (TPSA) is 47.0 Å². The Morgan fingerprint density at radius 2 is 1.87 bits per heavy atom. The lowest BCUT2D eigenvalue weighted by Gasteiger charge is -2.19. The van der Waals surface area contributed by atoms with Gasteiger partial charge >= 0.3 is 0 Å². The summed E-state index contributed by atoms with van der Waals surface area (Å²) in [4.78, 5) is 8.93. The fourth-order valence-electron chi connectivity index (χ4n) is 2.01. The highest BCUT2D eigenvalue weighted by molar-refractivity contribution is 5.38. The van der Waals surface area contributed by atoms with E-state index in [4.69, 9.17) is 4.74 Å². The van der Waals surface area contributed by atoms with Crippen molar-refractivity contribution in [2.45, 2.75) is 39.3 Å². The van der Waals surface area contributed by atoms with E-state index in [0.717, 1.165) is 17.8 Å². The molecule has 4 nitrogen and oxygen atoms in total. The van der Waals surface area contributed by atoms with Gasteiger partial charge in [-0.25, -0.2) is 18.7 Å². The van der Waals surface area contributed by atoms with E-state index >= 15 is 0 Å². The third kappa shape index (κ3) is 4.69.